The predicted octanol–water partition coefficient (Wildman–Crippen LogP) is 4.73. The van der Waals surface area contributed by atoms with Crippen molar-refractivity contribution in [1.29, 1.82) is 0 Å². The minimum Gasteiger partial charge on any atom is -0.276 e. The topological polar surface area (TPSA) is 20.3 Å². The van der Waals surface area contributed by atoms with Gasteiger partial charge in [0.05, 0.1) is 20.9 Å². The van der Waals surface area contributed by atoms with Crippen LogP contribution in [0.25, 0.3) is 5.70 Å². The smallest absolute Gasteiger partial charge is 0.263 e. The van der Waals surface area contributed by atoms with Gasteiger partial charge in [0.25, 0.3) is 5.91 Å². The summed E-state index contributed by atoms with van der Waals surface area (Å²) in [5.74, 6) is -0.0800. The second-order valence-corrected chi connectivity index (χ2v) is 5.41. The van der Waals surface area contributed by atoms with Crippen LogP contribution in [0.4, 0.5) is 5.69 Å². The maximum Gasteiger partial charge on any atom is 0.263 e. The Bertz CT molecular complexity index is 676. The van der Waals surface area contributed by atoms with E-state index in [1.807, 2.05) is 30.3 Å². The molecule has 94 valence electrons. The molecule has 2 aromatic carbocycles. The summed E-state index contributed by atoms with van der Waals surface area (Å²) in [5.41, 5.74) is 2.90. The molecule has 1 heterocycles. The molecule has 4 heteroatoms. The third-order valence-corrected chi connectivity index (χ3v) is 4.49. The number of amides is 1. The number of anilines is 1. The van der Waals surface area contributed by atoms with E-state index in [-0.39, 0.29) is 5.91 Å². The van der Waals surface area contributed by atoms with Crippen molar-refractivity contribution in [2.75, 3.05) is 4.90 Å². The van der Waals surface area contributed by atoms with Crippen molar-refractivity contribution in [3.63, 3.8) is 0 Å². The van der Waals surface area contributed by atoms with Crippen LogP contribution in [0.1, 0.15) is 15.9 Å². The molecule has 0 saturated heterocycles. The summed E-state index contributed by atoms with van der Waals surface area (Å²) in [6, 6.07) is 12.9. The minimum absolute atomic E-state index is 0.0800. The zero-order chi connectivity index (χ0) is 13.6. The molecule has 0 aliphatic carbocycles. The van der Waals surface area contributed by atoms with Crippen molar-refractivity contribution in [3.8, 4) is 0 Å². The third-order valence-electron chi connectivity index (χ3n) is 3.11. The van der Waals surface area contributed by atoms with Crippen LogP contribution in [-0.4, -0.2) is 5.91 Å². The fourth-order valence-corrected chi connectivity index (χ4v) is 2.82. The first-order valence-corrected chi connectivity index (χ1v) is 6.85. The number of fused-ring (bicyclic) bond motifs is 1. The Morgan fingerprint density at radius 2 is 1.74 bits per heavy atom. The maximum atomic E-state index is 12.5. The number of benzene rings is 2. The van der Waals surface area contributed by atoms with E-state index in [0.717, 1.165) is 5.56 Å². The molecule has 0 bridgehead atoms. The van der Waals surface area contributed by atoms with Crippen molar-refractivity contribution in [1.82, 2.24) is 0 Å². The molecule has 2 aromatic rings. The fraction of sp³-hybridized carbons (Fsp3) is 0. The molecule has 19 heavy (non-hydrogen) atoms. The van der Waals surface area contributed by atoms with E-state index in [4.69, 9.17) is 11.6 Å². The van der Waals surface area contributed by atoms with Crippen LogP contribution in [-0.2, 0) is 0 Å². The van der Waals surface area contributed by atoms with E-state index in [2.05, 4.69) is 22.5 Å². The Morgan fingerprint density at radius 3 is 2.42 bits per heavy atom. The summed E-state index contributed by atoms with van der Waals surface area (Å²) in [7, 11) is 0. The van der Waals surface area contributed by atoms with Crippen LogP contribution >= 0.6 is 27.5 Å². The molecule has 0 radical (unpaired) electrons. The van der Waals surface area contributed by atoms with Gasteiger partial charge >= 0.3 is 0 Å². The van der Waals surface area contributed by atoms with E-state index < -0.39 is 0 Å². The summed E-state index contributed by atoms with van der Waals surface area (Å²) < 4.78 is 0.693. The molecule has 0 saturated carbocycles. The molecule has 0 aromatic heterocycles. The van der Waals surface area contributed by atoms with Gasteiger partial charge in [-0.2, -0.15) is 0 Å². The van der Waals surface area contributed by atoms with Gasteiger partial charge in [0, 0.05) is 11.1 Å². The van der Waals surface area contributed by atoms with E-state index in [1.54, 1.807) is 17.0 Å². The fourth-order valence-electron chi connectivity index (χ4n) is 2.20. The van der Waals surface area contributed by atoms with Crippen molar-refractivity contribution in [2.24, 2.45) is 0 Å². The van der Waals surface area contributed by atoms with Gasteiger partial charge in [-0.05, 0) is 34.1 Å². The highest BCUT2D eigenvalue weighted by molar-refractivity contribution is 9.10. The number of rotatable bonds is 1. The summed E-state index contributed by atoms with van der Waals surface area (Å²) in [6.07, 6.45) is 0. The van der Waals surface area contributed by atoms with Crippen molar-refractivity contribution in [2.45, 2.75) is 0 Å². The van der Waals surface area contributed by atoms with Gasteiger partial charge in [-0.3, -0.25) is 9.69 Å². The highest BCUT2D eigenvalue weighted by Crippen LogP contribution is 2.41. The Kier molecular flexibility index (Phi) is 2.96. The van der Waals surface area contributed by atoms with Crippen LogP contribution in [0, 0.1) is 0 Å². The lowest BCUT2D eigenvalue weighted by atomic mass is 10.1. The van der Waals surface area contributed by atoms with Crippen LogP contribution in [0.2, 0.25) is 5.02 Å². The van der Waals surface area contributed by atoms with Crippen LogP contribution in [0.5, 0.6) is 0 Å². The minimum atomic E-state index is -0.0800. The monoisotopic (exact) mass is 333 g/mol. The van der Waals surface area contributed by atoms with Gasteiger partial charge in [0.2, 0.25) is 0 Å². The molecule has 0 spiro atoms. The molecule has 0 N–H and O–H groups in total. The zero-order valence-electron chi connectivity index (χ0n) is 9.86. The van der Waals surface area contributed by atoms with Crippen LogP contribution < -0.4 is 4.90 Å². The lowest BCUT2D eigenvalue weighted by molar-refractivity contribution is 0.101. The lowest BCUT2D eigenvalue weighted by Gasteiger charge is -2.19. The quantitative estimate of drug-likeness (QED) is 0.738. The second-order valence-electron chi connectivity index (χ2n) is 4.21. The number of halogens is 2. The van der Waals surface area contributed by atoms with Gasteiger partial charge < -0.3 is 0 Å². The average Bonchev–Trinajstić information content (AvgIpc) is 2.67. The number of hydrogen-bond acceptors (Lipinski definition) is 1. The van der Waals surface area contributed by atoms with E-state index in [9.17, 15) is 4.79 Å². The first-order chi connectivity index (χ1) is 9.11. The van der Waals surface area contributed by atoms with Gasteiger partial charge in [0.15, 0.2) is 0 Å². The first kappa shape index (κ1) is 12.5. The first-order valence-electron chi connectivity index (χ1n) is 5.68. The molecular weight excluding hydrogens is 326 g/mol. The van der Waals surface area contributed by atoms with Gasteiger partial charge in [-0.25, -0.2) is 0 Å². The highest BCUT2D eigenvalue weighted by atomic mass is 79.9. The molecule has 1 amide bonds. The molecule has 0 fully saturated rings. The van der Waals surface area contributed by atoms with Gasteiger partial charge in [0.1, 0.15) is 0 Å². The SMILES string of the molecule is C=C1c2ccccc2C(=O)N1c1cccc(Cl)c1Br. The summed E-state index contributed by atoms with van der Waals surface area (Å²) in [4.78, 5) is 14.1. The molecular formula is C15H9BrClNO. The Labute approximate surface area is 124 Å². The number of carbonyl (C=O) groups is 1. The van der Waals surface area contributed by atoms with Crippen molar-refractivity contribution >= 4 is 44.8 Å². The van der Waals surface area contributed by atoms with Crippen molar-refractivity contribution < 1.29 is 4.79 Å². The van der Waals surface area contributed by atoms with Crippen LogP contribution in [0.3, 0.4) is 0 Å². The molecule has 2 nitrogen and oxygen atoms in total. The summed E-state index contributed by atoms with van der Waals surface area (Å²) >= 11 is 9.51. The average molecular weight is 335 g/mol. The Morgan fingerprint density at radius 1 is 1.05 bits per heavy atom. The molecule has 1 aliphatic heterocycles. The molecule has 0 unspecified atom stereocenters. The highest BCUT2D eigenvalue weighted by Gasteiger charge is 2.32. The van der Waals surface area contributed by atoms with E-state index in [0.29, 0.717) is 26.4 Å². The third kappa shape index (κ3) is 1.81. The largest absolute Gasteiger partial charge is 0.276 e. The van der Waals surface area contributed by atoms with Crippen LogP contribution in [0.15, 0.2) is 53.5 Å². The lowest BCUT2D eigenvalue weighted by Crippen LogP contribution is -2.22. The Balaban J connectivity index is 2.17. The van der Waals surface area contributed by atoms with Crippen molar-refractivity contribution in [3.05, 3.63) is 69.7 Å². The summed E-state index contributed by atoms with van der Waals surface area (Å²) in [6.45, 7) is 4.02. The number of hydrogen-bond donors (Lipinski definition) is 0. The second kappa shape index (κ2) is 4.51. The van der Waals surface area contributed by atoms with Gasteiger partial charge in [-0.1, -0.05) is 42.4 Å². The Hall–Kier alpha value is -1.58. The molecule has 0 atom stereocenters. The maximum absolute atomic E-state index is 12.5. The van der Waals surface area contributed by atoms with E-state index in [1.165, 1.54) is 0 Å². The number of nitrogens with zero attached hydrogens (tertiary/aromatic N) is 1. The summed E-state index contributed by atoms with van der Waals surface area (Å²) in [5, 5.41) is 0.564. The van der Waals surface area contributed by atoms with Gasteiger partial charge in [-0.15, -0.1) is 0 Å². The molecule has 1 aliphatic rings. The predicted molar refractivity (Wildman–Crippen MR) is 81.4 cm³/mol. The standard InChI is InChI=1S/C15H9BrClNO/c1-9-10-5-2-3-6-11(10)15(19)18(9)13-8-4-7-12(17)14(13)16/h2-8H,1H2. The zero-order valence-corrected chi connectivity index (χ0v) is 12.2. The normalized spacial score (nSPS) is 13.9. The molecule has 3 rings (SSSR count). The number of carbonyl (C=O) groups excluding carboxylic acids is 1. The van der Waals surface area contributed by atoms with E-state index >= 15 is 0 Å².